The van der Waals surface area contributed by atoms with Gasteiger partial charge in [0, 0.05) is 12.6 Å². The molecule has 1 aliphatic carbocycles. The molecule has 2 amide bonds. The fraction of sp³-hybridized carbons (Fsp3) is 0.355. The number of benzene rings is 3. The predicted octanol–water partition coefficient (Wildman–Crippen LogP) is 6.42. The number of rotatable bonds is 11. The first-order valence-electron chi connectivity index (χ1n) is 14.0. The molecule has 3 aromatic rings. The van der Waals surface area contributed by atoms with Gasteiger partial charge in [-0.15, -0.1) is 0 Å². The molecule has 1 saturated carbocycles. The van der Waals surface area contributed by atoms with Crippen LogP contribution in [0.2, 0.25) is 5.02 Å². The maximum Gasteiger partial charge on any atom is 0.417 e. The molecule has 0 heterocycles. The molecule has 1 N–H and O–H groups in total. The standard InChI is InChI=1S/C31H33ClF3N3O4S/c1-2-28(30(40)36-23-13-9-10-14-23)37(20-22-11-5-3-6-12-22)29(39)21-38(43(41,42)25-15-7-4-8-16-25)24-17-18-27(32)26(19-24)31(33,34)35/h3-8,11-12,15-19,23,28H,2,9-10,13-14,20-21H2,1H3,(H,36,40). The van der Waals surface area contributed by atoms with Crippen LogP contribution in [0.3, 0.4) is 0 Å². The van der Waals surface area contributed by atoms with E-state index < -0.39 is 51.0 Å². The van der Waals surface area contributed by atoms with Gasteiger partial charge in [0.2, 0.25) is 11.8 Å². The van der Waals surface area contributed by atoms with Crippen molar-refractivity contribution >= 4 is 39.1 Å². The molecular weight excluding hydrogens is 603 g/mol. The minimum atomic E-state index is -4.87. The zero-order valence-corrected chi connectivity index (χ0v) is 25.1. The lowest BCUT2D eigenvalue weighted by molar-refractivity contribution is -0.140. The highest BCUT2D eigenvalue weighted by Crippen LogP contribution is 2.38. The highest BCUT2D eigenvalue weighted by atomic mass is 35.5. The largest absolute Gasteiger partial charge is 0.417 e. The minimum absolute atomic E-state index is 0.0100. The Balaban J connectivity index is 1.76. The van der Waals surface area contributed by atoms with E-state index >= 15 is 0 Å². The predicted molar refractivity (Wildman–Crippen MR) is 159 cm³/mol. The van der Waals surface area contributed by atoms with Gasteiger partial charge in [-0.3, -0.25) is 13.9 Å². The molecule has 0 bridgehead atoms. The Morgan fingerprint density at radius 2 is 1.58 bits per heavy atom. The molecular formula is C31H33ClF3N3O4S. The summed E-state index contributed by atoms with van der Waals surface area (Å²) >= 11 is 5.82. The van der Waals surface area contributed by atoms with Gasteiger partial charge in [-0.05, 0) is 55.2 Å². The Labute approximate surface area is 254 Å². The molecule has 43 heavy (non-hydrogen) atoms. The number of sulfonamides is 1. The topological polar surface area (TPSA) is 86.8 Å². The summed E-state index contributed by atoms with van der Waals surface area (Å²) in [6.45, 7) is 0.886. The van der Waals surface area contributed by atoms with Crippen molar-refractivity contribution in [2.75, 3.05) is 10.8 Å². The number of nitrogens with zero attached hydrogens (tertiary/aromatic N) is 2. The highest BCUT2D eigenvalue weighted by molar-refractivity contribution is 7.92. The molecule has 1 unspecified atom stereocenters. The van der Waals surface area contributed by atoms with Gasteiger partial charge >= 0.3 is 6.18 Å². The van der Waals surface area contributed by atoms with Crippen LogP contribution in [0, 0.1) is 0 Å². The summed E-state index contributed by atoms with van der Waals surface area (Å²) in [5, 5.41) is 2.41. The molecule has 1 atom stereocenters. The van der Waals surface area contributed by atoms with E-state index in [1.807, 2.05) is 0 Å². The summed E-state index contributed by atoms with van der Waals surface area (Å²) in [4.78, 5) is 28.6. The van der Waals surface area contributed by atoms with Gasteiger partial charge in [0.1, 0.15) is 12.6 Å². The van der Waals surface area contributed by atoms with Gasteiger partial charge < -0.3 is 10.2 Å². The third kappa shape index (κ3) is 7.88. The summed E-state index contributed by atoms with van der Waals surface area (Å²) in [5.41, 5.74) is -0.931. The first-order chi connectivity index (χ1) is 20.4. The summed E-state index contributed by atoms with van der Waals surface area (Å²) in [6.07, 6.45) is -0.999. The van der Waals surface area contributed by atoms with E-state index in [0.29, 0.717) is 15.9 Å². The van der Waals surface area contributed by atoms with Crippen molar-refractivity contribution in [3.05, 3.63) is 95.0 Å². The molecule has 7 nitrogen and oxygen atoms in total. The summed E-state index contributed by atoms with van der Waals surface area (Å²) in [5.74, 6) is -1.11. The lowest BCUT2D eigenvalue weighted by atomic mass is 10.1. The Kier molecular flexibility index (Phi) is 10.4. The number of carbonyl (C=O) groups is 2. The van der Waals surface area contributed by atoms with E-state index in [4.69, 9.17) is 11.6 Å². The van der Waals surface area contributed by atoms with E-state index in [9.17, 15) is 31.2 Å². The number of carbonyl (C=O) groups excluding carboxylic acids is 2. The second kappa shape index (κ2) is 13.8. The van der Waals surface area contributed by atoms with Crippen LogP contribution < -0.4 is 9.62 Å². The van der Waals surface area contributed by atoms with Crippen molar-refractivity contribution in [1.29, 1.82) is 0 Å². The first-order valence-corrected chi connectivity index (χ1v) is 15.8. The number of nitrogens with one attached hydrogen (secondary N) is 1. The second-order valence-corrected chi connectivity index (χ2v) is 12.7. The van der Waals surface area contributed by atoms with Gasteiger partial charge in [-0.2, -0.15) is 13.2 Å². The molecule has 3 aromatic carbocycles. The van der Waals surface area contributed by atoms with E-state index in [0.717, 1.165) is 37.8 Å². The van der Waals surface area contributed by atoms with Crippen molar-refractivity contribution in [2.45, 2.75) is 68.7 Å². The Morgan fingerprint density at radius 3 is 2.16 bits per heavy atom. The molecule has 0 radical (unpaired) electrons. The molecule has 0 spiro atoms. The van der Waals surface area contributed by atoms with Gasteiger partial charge in [0.25, 0.3) is 10.0 Å². The van der Waals surface area contributed by atoms with Crippen molar-refractivity contribution < 1.29 is 31.2 Å². The van der Waals surface area contributed by atoms with Crippen LogP contribution >= 0.6 is 11.6 Å². The van der Waals surface area contributed by atoms with Crippen LogP contribution in [0.5, 0.6) is 0 Å². The Hall–Kier alpha value is -3.57. The fourth-order valence-electron chi connectivity index (χ4n) is 5.20. The molecule has 1 fully saturated rings. The average molecular weight is 636 g/mol. The number of amides is 2. The third-order valence-corrected chi connectivity index (χ3v) is 9.55. The van der Waals surface area contributed by atoms with Crippen LogP contribution in [-0.2, 0) is 32.3 Å². The monoisotopic (exact) mass is 635 g/mol. The van der Waals surface area contributed by atoms with E-state index in [-0.39, 0.29) is 29.8 Å². The number of anilines is 1. The smallest absolute Gasteiger partial charge is 0.352 e. The van der Waals surface area contributed by atoms with E-state index in [1.165, 1.54) is 29.2 Å². The van der Waals surface area contributed by atoms with Gasteiger partial charge in [0.05, 0.1) is 21.2 Å². The number of alkyl halides is 3. The third-order valence-electron chi connectivity index (χ3n) is 7.44. The van der Waals surface area contributed by atoms with Gasteiger partial charge in [-0.1, -0.05) is 79.9 Å². The first kappa shape index (κ1) is 32.3. The number of hydrogen-bond acceptors (Lipinski definition) is 4. The number of halogens is 4. The van der Waals surface area contributed by atoms with Crippen molar-refractivity contribution in [3.63, 3.8) is 0 Å². The van der Waals surface area contributed by atoms with Crippen molar-refractivity contribution in [2.24, 2.45) is 0 Å². The summed E-state index contributed by atoms with van der Waals surface area (Å²) in [7, 11) is -4.53. The Bertz CT molecular complexity index is 1520. The molecule has 4 rings (SSSR count). The maximum absolute atomic E-state index is 14.1. The second-order valence-electron chi connectivity index (χ2n) is 10.4. The minimum Gasteiger partial charge on any atom is -0.352 e. The quantitative estimate of drug-likeness (QED) is 0.263. The van der Waals surface area contributed by atoms with E-state index in [1.54, 1.807) is 43.3 Å². The molecule has 0 aliphatic heterocycles. The lowest BCUT2D eigenvalue weighted by Crippen LogP contribution is -2.53. The van der Waals surface area contributed by atoms with Crippen LogP contribution in [-0.4, -0.2) is 43.8 Å². The van der Waals surface area contributed by atoms with Crippen LogP contribution in [0.4, 0.5) is 18.9 Å². The lowest BCUT2D eigenvalue weighted by Gasteiger charge is -2.34. The zero-order valence-electron chi connectivity index (χ0n) is 23.6. The maximum atomic E-state index is 14.1. The normalized spacial score (nSPS) is 14.7. The van der Waals surface area contributed by atoms with Crippen LogP contribution in [0.15, 0.2) is 83.8 Å². The molecule has 12 heteroatoms. The van der Waals surface area contributed by atoms with Crippen LogP contribution in [0.1, 0.15) is 50.2 Å². The fourth-order valence-corrected chi connectivity index (χ4v) is 6.85. The zero-order chi connectivity index (χ0) is 31.2. The SMILES string of the molecule is CCC(C(=O)NC1CCCC1)N(Cc1ccccc1)C(=O)CN(c1ccc(Cl)c(C(F)(F)F)c1)S(=O)(=O)c1ccccc1. The Morgan fingerprint density at radius 1 is 0.977 bits per heavy atom. The van der Waals surface area contributed by atoms with Crippen molar-refractivity contribution in [3.8, 4) is 0 Å². The van der Waals surface area contributed by atoms with E-state index in [2.05, 4.69) is 5.32 Å². The van der Waals surface area contributed by atoms with Gasteiger partial charge in [0.15, 0.2) is 0 Å². The molecule has 0 aromatic heterocycles. The summed E-state index contributed by atoms with van der Waals surface area (Å²) in [6, 6.07) is 17.7. The average Bonchev–Trinajstić information content (AvgIpc) is 3.49. The van der Waals surface area contributed by atoms with Crippen LogP contribution in [0.25, 0.3) is 0 Å². The molecule has 1 aliphatic rings. The summed E-state index contributed by atoms with van der Waals surface area (Å²) < 4.78 is 69.7. The number of hydrogen-bond donors (Lipinski definition) is 1. The van der Waals surface area contributed by atoms with Gasteiger partial charge in [-0.25, -0.2) is 8.42 Å². The van der Waals surface area contributed by atoms with Crippen molar-refractivity contribution in [1.82, 2.24) is 10.2 Å². The molecule has 0 saturated heterocycles. The molecule has 230 valence electrons. The highest BCUT2D eigenvalue weighted by Gasteiger charge is 2.37.